The van der Waals surface area contributed by atoms with Crippen molar-refractivity contribution in [1.29, 1.82) is 0 Å². The molecule has 0 aromatic carbocycles. The van der Waals surface area contributed by atoms with Crippen molar-refractivity contribution in [3.63, 3.8) is 0 Å². The summed E-state index contributed by atoms with van der Waals surface area (Å²) in [5, 5.41) is 4.52. The zero-order chi connectivity index (χ0) is 17.4. The van der Waals surface area contributed by atoms with Gasteiger partial charge < -0.3 is 9.80 Å². The molecule has 0 bridgehead atoms. The molecule has 2 aliphatic heterocycles. The summed E-state index contributed by atoms with van der Waals surface area (Å²) < 4.78 is 2.01. The molecule has 0 amide bonds. The fraction of sp³-hybridized carbons (Fsp3) is 0.700. The van der Waals surface area contributed by atoms with Gasteiger partial charge in [-0.25, -0.2) is 4.98 Å². The van der Waals surface area contributed by atoms with Gasteiger partial charge in [0.15, 0.2) is 5.65 Å². The van der Waals surface area contributed by atoms with Gasteiger partial charge in [-0.05, 0) is 57.5 Å². The lowest BCUT2D eigenvalue weighted by Gasteiger charge is -2.39. The predicted molar refractivity (Wildman–Crippen MR) is 102 cm³/mol. The molecule has 25 heavy (non-hydrogen) atoms. The SMILES string of the molecule is CC(C)c1cc(N2CCC([C@H](C)N3CCCC3)CC2)n2nccc2n1. The molecule has 4 rings (SSSR count). The Morgan fingerprint density at radius 2 is 1.76 bits per heavy atom. The average Bonchev–Trinajstić information content (AvgIpc) is 3.31. The van der Waals surface area contributed by atoms with E-state index in [0.29, 0.717) is 5.92 Å². The highest BCUT2D eigenvalue weighted by Gasteiger charge is 2.29. The molecule has 0 aliphatic carbocycles. The molecule has 2 aromatic rings. The number of nitrogens with zero attached hydrogens (tertiary/aromatic N) is 5. The zero-order valence-corrected chi connectivity index (χ0v) is 15.9. The highest BCUT2D eigenvalue weighted by atomic mass is 15.3. The van der Waals surface area contributed by atoms with Crippen molar-refractivity contribution in [2.45, 2.75) is 58.4 Å². The van der Waals surface area contributed by atoms with E-state index in [-0.39, 0.29) is 0 Å². The number of aromatic nitrogens is 3. The summed E-state index contributed by atoms with van der Waals surface area (Å²) in [4.78, 5) is 9.97. The van der Waals surface area contributed by atoms with E-state index in [0.717, 1.165) is 36.4 Å². The van der Waals surface area contributed by atoms with Crippen LogP contribution in [0.1, 0.15) is 58.1 Å². The summed E-state index contributed by atoms with van der Waals surface area (Å²) in [5.41, 5.74) is 2.13. The van der Waals surface area contributed by atoms with Crippen molar-refractivity contribution in [3.05, 3.63) is 24.0 Å². The van der Waals surface area contributed by atoms with Crippen LogP contribution in [0.25, 0.3) is 5.65 Å². The highest BCUT2D eigenvalue weighted by Crippen LogP contribution is 2.30. The minimum atomic E-state index is 0.436. The Morgan fingerprint density at radius 3 is 2.44 bits per heavy atom. The smallest absolute Gasteiger partial charge is 0.157 e. The van der Waals surface area contributed by atoms with Crippen molar-refractivity contribution in [2.75, 3.05) is 31.1 Å². The third-order valence-corrected chi connectivity index (χ3v) is 6.21. The van der Waals surface area contributed by atoms with Crippen molar-refractivity contribution in [2.24, 2.45) is 5.92 Å². The standard InChI is InChI=1S/C20H31N5/c1-15(2)18-14-20(25-19(22-18)6-9-21-25)24-12-7-17(8-13-24)16(3)23-10-4-5-11-23/h6,9,14-17H,4-5,7-8,10-13H2,1-3H3/t16-/m0/s1. The van der Waals surface area contributed by atoms with E-state index in [1.165, 1.54) is 44.6 Å². The Labute approximate surface area is 151 Å². The van der Waals surface area contributed by atoms with E-state index in [2.05, 4.69) is 41.7 Å². The number of likely N-dealkylation sites (tertiary alicyclic amines) is 1. The zero-order valence-electron chi connectivity index (χ0n) is 15.9. The molecule has 1 atom stereocenters. The monoisotopic (exact) mass is 341 g/mol. The van der Waals surface area contributed by atoms with Crippen LogP contribution in [0.15, 0.2) is 18.3 Å². The van der Waals surface area contributed by atoms with Crippen molar-refractivity contribution >= 4 is 11.5 Å². The molecule has 0 saturated carbocycles. The minimum absolute atomic E-state index is 0.436. The Morgan fingerprint density at radius 1 is 1.04 bits per heavy atom. The molecule has 136 valence electrons. The van der Waals surface area contributed by atoms with Crippen LogP contribution >= 0.6 is 0 Å². The van der Waals surface area contributed by atoms with Crippen molar-refractivity contribution in [1.82, 2.24) is 19.5 Å². The van der Waals surface area contributed by atoms with Gasteiger partial charge in [-0.3, -0.25) is 0 Å². The lowest BCUT2D eigenvalue weighted by atomic mass is 9.89. The molecular formula is C20H31N5. The summed E-state index contributed by atoms with van der Waals surface area (Å²) >= 11 is 0. The second-order valence-corrected chi connectivity index (χ2v) is 8.10. The fourth-order valence-corrected chi connectivity index (χ4v) is 4.49. The molecule has 0 unspecified atom stereocenters. The molecule has 2 fully saturated rings. The first-order valence-electron chi connectivity index (χ1n) is 9.97. The number of fused-ring (bicyclic) bond motifs is 1. The Hall–Kier alpha value is -1.62. The molecule has 4 heterocycles. The second kappa shape index (κ2) is 6.94. The van der Waals surface area contributed by atoms with Crippen LogP contribution < -0.4 is 4.90 Å². The first-order chi connectivity index (χ1) is 12.1. The summed E-state index contributed by atoms with van der Waals surface area (Å²) in [6, 6.07) is 4.99. The van der Waals surface area contributed by atoms with E-state index < -0.39 is 0 Å². The summed E-state index contributed by atoms with van der Waals surface area (Å²) in [6.07, 6.45) is 7.18. The van der Waals surface area contributed by atoms with Crippen LogP contribution in [0.5, 0.6) is 0 Å². The van der Waals surface area contributed by atoms with Gasteiger partial charge >= 0.3 is 0 Å². The Bertz CT molecular complexity index is 708. The van der Waals surface area contributed by atoms with Crippen LogP contribution in [-0.4, -0.2) is 51.7 Å². The fourth-order valence-electron chi connectivity index (χ4n) is 4.49. The largest absolute Gasteiger partial charge is 0.356 e. The minimum Gasteiger partial charge on any atom is -0.356 e. The van der Waals surface area contributed by atoms with Crippen LogP contribution in [0.4, 0.5) is 5.82 Å². The number of anilines is 1. The van der Waals surface area contributed by atoms with E-state index in [4.69, 9.17) is 4.98 Å². The molecule has 0 spiro atoms. The van der Waals surface area contributed by atoms with Gasteiger partial charge in [0, 0.05) is 37.0 Å². The molecule has 0 N–H and O–H groups in total. The van der Waals surface area contributed by atoms with Crippen molar-refractivity contribution in [3.8, 4) is 0 Å². The molecular weight excluding hydrogens is 310 g/mol. The van der Waals surface area contributed by atoms with Gasteiger partial charge in [-0.2, -0.15) is 9.61 Å². The number of hydrogen-bond acceptors (Lipinski definition) is 4. The second-order valence-electron chi connectivity index (χ2n) is 8.10. The van der Waals surface area contributed by atoms with Gasteiger partial charge in [0.05, 0.1) is 6.20 Å². The van der Waals surface area contributed by atoms with E-state index in [1.807, 2.05) is 16.8 Å². The Balaban J connectivity index is 1.50. The van der Waals surface area contributed by atoms with Gasteiger partial charge in [0.1, 0.15) is 5.82 Å². The van der Waals surface area contributed by atoms with E-state index in [9.17, 15) is 0 Å². The first-order valence-corrected chi connectivity index (χ1v) is 9.97. The van der Waals surface area contributed by atoms with E-state index in [1.54, 1.807) is 0 Å². The first kappa shape index (κ1) is 16.8. The van der Waals surface area contributed by atoms with Crippen molar-refractivity contribution < 1.29 is 0 Å². The molecule has 0 radical (unpaired) electrons. The van der Waals surface area contributed by atoms with Gasteiger partial charge in [0.2, 0.25) is 0 Å². The van der Waals surface area contributed by atoms with Crippen LogP contribution in [0.2, 0.25) is 0 Å². The Kier molecular flexibility index (Phi) is 4.67. The highest BCUT2D eigenvalue weighted by molar-refractivity contribution is 5.51. The van der Waals surface area contributed by atoms with E-state index >= 15 is 0 Å². The maximum atomic E-state index is 4.75. The van der Waals surface area contributed by atoms with Crippen LogP contribution in [0.3, 0.4) is 0 Å². The average molecular weight is 342 g/mol. The molecule has 5 heteroatoms. The normalized spacial score (nSPS) is 21.5. The molecule has 2 aromatic heterocycles. The van der Waals surface area contributed by atoms with Gasteiger partial charge in [-0.1, -0.05) is 13.8 Å². The van der Waals surface area contributed by atoms with Crippen LogP contribution in [0, 0.1) is 5.92 Å². The van der Waals surface area contributed by atoms with Crippen LogP contribution in [-0.2, 0) is 0 Å². The number of hydrogen-bond donors (Lipinski definition) is 0. The summed E-state index contributed by atoms with van der Waals surface area (Å²) in [7, 11) is 0. The maximum absolute atomic E-state index is 4.75. The predicted octanol–water partition coefficient (Wildman–Crippen LogP) is 3.55. The summed E-state index contributed by atoms with van der Waals surface area (Å²) in [5.74, 6) is 2.48. The molecule has 2 aliphatic rings. The lowest BCUT2D eigenvalue weighted by Crippen LogP contribution is -2.43. The number of piperidine rings is 1. The topological polar surface area (TPSA) is 36.7 Å². The third kappa shape index (κ3) is 3.26. The maximum Gasteiger partial charge on any atom is 0.157 e. The molecule has 2 saturated heterocycles. The lowest BCUT2D eigenvalue weighted by molar-refractivity contribution is 0.167. The quantitative estimate of drug-likeness (QED) is 0.852. The van der Waals surface area contributed by atoms with Gasteiger partial charge in [-0.15, -0.1) is 0 Å². The molecule has 5 nitrogen and oxygen atoms in total. The van der Waals surface area contributed by atoms with Gasteiger partial charge in [0.25, 0.3) is 0 Å². The third-order valence-electron chi connectivity index (χ3n) is 6.21. The number of rotatable bonds is 4. The summed E-state index contributed by atoms with van der Waals surface area (Å²) in [6.45, 7) is 11.7.